The number of nitrogens with zero attached hydrogens (tertiary/aromatic N) is 4. The molecule has 3 aromatic rings. The van der Waals surface area contributed by atoms with Crippen molar-refractivity contribution in [2.75, 3.05) is 20.7 Å². The van der Waals surface area contributed by atoms with Gasteiger partial charge in [0.15, 0.2) is 5.54 Å². The highest BCUT2D eigenvalue weighted by molar-refractivity contribution is 5.98. The minimum atomic E-state index is -0.906. The zero-order valence-corrected chi connectivity index (χ0v) is 16.4. The molecule has 0 bridgehead atoms. The molecular weight excluding hydrogens is 374 g/mol. The smallest absolute Gasteiger partial charge is 0.331 e. The number of carboxylic acids is 1. The largest absolute Gasteiger partial charge is 0.497 e. The zero-order valence-electron chi connectivity index (χ0n) is 16.4. The molecule has 2 heterocycles. The standard InChI is InChI=1S/C20H23N5O4/c1-24(18(26)17-11-13-10-15(29-2)5-6-16(13)21-17)9-3-4-14-12-25(23-22-14)20(7-8-20)19(27)28/h5-6,10-12,21H,3-4,7-9H2,1-2H3,(H,27,28). The molecule has 9 nitrogen and oxygen atoms in total. The van der Waals surface area contributed by atoms with Crippen LogP contribution in [0.1, 0.15) is 35.4 Å². The molecule has 0 unspecified atom stereocenters. The molecule has 4 rings (SSSR count). The molecule has 0 radical (unpaired) electrons. The summed E-state index contributed by atoms with van der Waals surface area (Å²) in [5.41, 5.74) is 1.23. The van der Waals surface area contributed by atoms with Gasteiger partial charge in [-0.25, -0.2) is 9.48 Å². The summed E-state index contributed by atoms with van der Waals surface area (Å²) in [4.78, 5) is 28.9. The van der Waals surface area contributed by atoms with E-state index in [2.05, 4.69) is 15.3 Å². The molecule has 1 fully saturated rings. The molecule has 1 aromatic carbocycles. The van der Waals surface area contributed by atoms with Gasteiger partial charge in [-0.3, -0.25) is 4.79 Å². The van der Waals surface area contributed by atoms with Crippen molar-refractivity contribution in [2.45, 2.75) is 31.2 Å². The second-order valence-electron chi connectivity index (χ2n) is 7.46. The number of carbonyl (C=O) groups excluding carboxylic acids is 1. The second-order valence-corrected chi connectivity index (χ2v) is 7.46. The first-order valence-electron chi connectivity index (χ1n) is 9.50. The average molecular weight is 397 g/mol. The number of nitrogens with one attached hydrogen (secondary N) is 1. The summed E-state index contributed by atoms with van der Waals surface area (Å²) in [7, 11) is 3.37. The molecule has 0 saturated heterocycles. The van der Waals surface area contributed by atoms with Crippen LogP contribution in [0.5, 0.6) is 5.75 Å². The van der Waals surface area contributed by atoms with Crippen molar-refractivity contribution in [1.82, 2.24) is 24.9 Å². The first-order chi connectivity index (χ1) is 13.9. The number of carbonyl (C=O) groups is 2. The Morgan fingerprint density at radius 3 is 2.83 bits per heavy atom. The van der Waals surface area contributed by atoms with E-state index in [1.165, 1.54) is 4.68 Å². The average Bonchev–Trinajstić information content (AvgIpc) is 3.21. The number of hydrogen-bond acceptors (Lipinski definition) is 5. The zero-order chi connectivity index (χ0) is 20.6. The van der Waals surface area contributed by atoms with Crippen molar-refractivity contribution in [2.24, 2.45) is 0 Å². The van der Waals surface area contributed by atoms with E-state index >= 15 is 0 Å². The van der Waals surface area contributed by atoms with Crippen molar-refractivity contribution < 1.29 is 19.4 Å². The third kappa shape index (κ3) is 3.55. The highest BCUT2D eigenvalue weighted by atomic mass is 16.5. The predicted octanol–water partition coefficient (Wildman–Crippen LogP) is 2.05. The van der Waals surface area contributed by atoms with Crippen LogP contribution in [-0.4, -0.2) is 62.6 Å². The molecule has 152 valence electrons. The van der Waals surface area contributed by atoms with Crippen LogP contribution in [0.15, 0.2) is 30.5 Å². The Hall–Kier alpha value is -3.36. The first kappa shape index (κ1) is 19.0. The van der Waals surface area contributed by atoms with E-state index in [0.29, 0.717) is 37.9 Å². The fourth-order valence-electron chi connectivity index (χ4n) is 3.44. The number of aromatic nitrogens is 4. The molecule has 1 aliphatic rings. The van der Waals surface area contributed by atoms with Gasteiger partial charge >= 0.3 is 5.97 Å². The molecular formula is C20H23N5O4. The molecule has 2 N–H and O–H groups in total. The van der Waals surface area contributed by atoms with Crippen molar-refractivity contribution in [3.8, 4) is 5.75 Å². The number of rotatable bonds is 8. The Morgan fingerprint density at radius 2 is 2.14 bits per heavy atom. The normalized spacial score (nSPS) is 14.7. The summed E-state index contributed by atoms with van der Waals surface area (Å²) in [6, 6.07) is 7.44. The third-order valence-electron chi connectivity index (χ3n) is 5.43. The summed E-state index contributed by atoms with van der Waals surface area (Å²) < 4.78 is 6.68. The number of methoxy groups -OCH3 is 1. The summed E-state index contributed by atoms with van der Waals surface area (Å²) in [5.74, 6) is -0.213. The number of carboxylic acid groups (broad SMARTS) is 1. The van der Waals surface area contributed by atoms with Gasteiger partial charge in [-0.1, -0.05) is 5.21 Å². The van der Waals surface area contributed by atoms with Crippen molar-refractivity contribution in [1.29, 1.82) is 0 Å². The number of aryl methyl sites for hydroxylation is 1. The van der Waals surface area contributed by atoms with Crippen LogP contribution in [0.3, 0.4) is 0 Å². The van der Waals surface area contributed by atoms with Gasteiger partial charge in [0.1, 0.15) is 11.4 Å². The number of amides is 1. The number of aromatic amines is 1. The lowest BCUT2D eigenvalue weighted by atomic mass is 10.2. The SMILES string of the molecule is COc1ccc2[nH]c(C(=O)N(C)CCCc3cn(C4(C(=O)O)CC4)nn3)cc2c1. The van der Waals surface area contributed by atoms with Crippen LogP contribution in [0.4, 0.5) is 0 Å². The Labute approximate surface area is 167 Å². The molecule has 1 saturated carbocycles. The quantitative estimate of drug-likeness (QED) is 0.601. The Morgan fingerprint density at radius 1 is 1.34 bits per heavy atom. The van der Waals surface area contributed by atoms with Gasteiger partial charge in [-0.05, 0) is 49.9 Å². The van der Waals surface area contributed by atoms with E-state index in [0.717, 1.165) is 22.3 Å². The van der Waals surface area contributed by atoms with E-state index in [1.807, 2.05) is 24.3 Å². The fourth-order valence-corrected chi connectivity index (χ4v) is 3.44. The Kier molecular flexibility index (Phi) is 4.73. The maximum atomic E-state index is 12.7. The van der Waals surface area contributed by atoms with Crippen LogP contribution in [0, 0.1) is 0 Å². The van der Waals surface area contributed by atoms with Gasteiger partial charge in [0.05, 0.1) is 12.8 Å². The molecule has 0 spiro atoms. The summed E-state index contributed by atoms with van der Waals surface area (Å²) in [5, 5.41) is 18.3. The number of hydrogen-bond donors (Lipinski definition) is 2. The van der Waals surface area contributed by atoms with Crippen molar-refractivity contribution in [3.05, 3.63) is 41.9 Å². The lowest BCUT2D eigenvalue weighted by Crippen LogP contribution is -2.28. The lowest BCUT2D eigenvalue weighted by Gasteiger charge is -2.15. The Balaban J connectivity index is 1.34. The highest BCUT2D eigenvalue weighted by Crippen LogP contribution is 2.43. The molecule has 29 heavy (non-hydrogen) atoms. The summed E-state index contributed by atoms with van der Waals surface area (Å²) in [6.07, 6.45) is 4.19. The molecule has 0 aliphatic heterocycles. The van der Waals surface area contributed by atoms with Gasteiger partial charge in [-0.15, -0.1) is 5.10 Å². The second kappa shape index (κ2) is 7.23. The number of ether oxygens (including phenoxy) is 1. The molecule has 0 atom stereocenters. The number of benzene rings is 1. The summed E-state index contributed by atoms with van der Waals surface area (Å²) in [6.45, 7) is 0.550. The van der Waals surface area contributed by atoms with Crippen LogP contribution < -0.4 is 4.74 Å². The predicted molar refractivity (Wildman–Crippen MR) is 105 cm³/mol. The maximum Gasteiger partial charge on any atom is 0.331 e. The maximum absolute atomic E-state index is 12.7. The Bertz CT molecular complexity index is 1070. The third-order valence-corrected chi connectivity index (χ3v) is 5.43. The van der Waals surface area contributed by atoms with Crippen LogP contribution in [-0.2, 0) is 16.8 Å². The van der Waals surface area contributed by atoms with Crippen LogP contribution in [0.25, 0.3) is 10.9 Å². The van der Waals surface area contributed by atoms with Gasteiger partial charge in [0, 0.05) is 30.7 Å². The number of aliphatic carboxylic acids is 1. The van der Waals surface area contributed by atoms with E-state index in [1.54, 1.807) is 25.3 Å². The lowest BCUT2D eigenvalue weighted by molar-refractivity contribution is -0.142. The minimum absolute atomic E-state index is 0.0911. The topological polar surface area (TPSA) is 113 Å². The van der Waals surface area contributed by atoms with Gasteiger partial charge < -0.3 is 19.7 Å². The number of H-pyrrole nitrogens is 1. The van der Waals surface area contributed by atoms with E-state index < -0.39 is 11.5 Å². The first-order valence-corrected chi connectivity index (χ1v) is 9.50. The van der Waals surface area contributed by atoms with Crippen LogP contribution in [0.2, 0.25) is 0 Å². The highest BCUT2D eigenvalue weighted by Gasteiger charge is 2.53. The van der Waals surface area contributed by atoms with E-state index in [9.17, 15) is 14.7 Å². The van der Waals surface area contributed by atoms with Gasteiger partial charge in [0.25, 0.3) is 5.91 Å². The van der Waals surface area contributed by atoms with E-state index in [-0.39, 0.29) is 5.91 Å². The van der Waals surface area contributed by atoms with Gasteiger partial charge in [-0.2, -0.15) is 0 Å². The monoisotopic (exact) mass is 397 g/mol. The fraction of sp³-hybridized carbons (Fsp3) is 0.400. The summed E-state index contributed by atoms with van der Waals surface area (Å²) >= 11 is 0. The molecule has 2 aromatic heterocycles. The molecule has 9 heteroatoms. The van der Waals surface area contributed by atoms with Crippen LogP contribution >= 0.6 is 0 Å². The number of fused-ring (bicyclic) bond motifs is 1. The van der Waals surface area contributed by atoms with E-state index in [4.69, 9.17) is 4.74 Å². The molecule has 1 amide bonds. The van der Waals surface area contributed by atoms with Gasteiger partial charge in [0.2, 0.25) is 0 Å². The van der Waals surface area contributed by atoms with Crippen molar-refractivity contribution >= 4 is 22.8 Å². The minimum Gasteiger partial charge on any atom is -0.497 e. The van der Waals surface area contributed by atoms with Crippen molar-refractivity contribution in [3.63, 3.8) is 0 Å². The molecule has 1 aliphatic carbocycles.